The van der Waals surface area contributed by atoms with Crippen molar-refractivity contribution in [3.05, 3.63) is 45.9 Å². The third-order valence-electron chi connectivity index (χ3n) is 3.41. The van der Waals surface area contributed by atoms with Gasteiger partial charge in [-0.2, -0.15) is 0 Å². The van der Waals surface area contributed by atoms with Gasteiger partial charge in [-0.15, -0.1) is 0 Å². The number of benzene rings is 2. The molecule has 6 nitrogen and oxygen atoms in total. The number of hydrogen-bond acceptors (Lipinski definition) is 4. The van der Waals surface area contributed by atoms with Gasteiger partial charge in [0.05, 0.1) is 5.69 Å². The van der Waals surface area contributed by atoms with Crippen LogP contribution in [-0.4, -0.2) is 20.9 Å². The predicted octanol–water partition coefficient (Wildman–Crippen LogP) is 3.43. The van der Waals surface area contributed by atoms with Gasteiger partial charge in [-0.05, 0) is 42.8 Å². The van der Waals surface area contributed by atoms with Gasteiger partial charge in [-0.1, -0.05) is 23.2 Å². The molecule has 0 spiro atoms. The highest BCUT2D eigenvalue weighted by Gasteiger charge is 2.30. The average Bonchev–Trinajstić information content (AvgIpc) is 2.50. The van der Waals surface area contributed by atoms with Crippen molar-refractivity contribution < 1.29 is 17.9 Å². The molecular formula is C15H12Cl2N2O4S. The summed E-state index contributed by atoms with van der Waals surface area (Å²) in [4.78, 5) is 11.3. The highest BCUT2D eigenvalue weighted by molar-refractivity contribution is 7.92. The normalized spacial score (nSPS) is 13.7. The first-order valence-electron chi connectivity index (χ1n) is 6.82. The van der Waals surface area contributed by atoms with Gasteiger partial charge in [0, 0.05) is 15.7 Å². The maximum Gasteiger partial charge on any atom is 0.265 e. The number of anilines is 2. The molecule has 9 heteroatoms. The summed E-state index contributed by atoms with van der Waals surface area (Å²) < 4.78 is 33.4. The van der Waals surface area contributed by atoms with Crippen LogP contribution in [0.2, 0.25) is 10.0 Å². The van der Waals surface area contributed by atoms with Gasteiger partial charge in [0.15, 0.2) is 12.4 Å². The maximum absolute atomic E-state index is 12.8. The monoisotopic (exact) mass is 386 g/mol. The van der Waals surface area contributed by atoms with Crippen LogP contribution in [0.4, 0.5) is 11.4 Å². The number of hydrogen-bond donors (Lipinski definition) is 2. The van der Waals surface area contributed by atoms with E-state index in [1.807, 2.05) is 0 Å². The molecule has 0 aromatic heterocycles. The van der Waals surface area contributed by atoms with E-state index in [-0.39, 0.29) is 33.9 Å². The number of carbonyl (C=O) groups excluding carboxylic acids is 1. The van der Waals surface area contributed by atoms with Crippen molar-refractivity contribution in [3.63, 3.8) is 0 Å². The minimum atomic E-state index is -3.99. The molecule has 24 heavy (non-hydrogen) atoms. The molecule has 0 unspecified atom stereocenters. The molecule has 1 aliphatic heterocycles. The van der Waals surface area contributed by atoms with Crippen LogP contribution in [0.25, 0.3) is 0 Å². The molecule has 0 saturated heterocycles. The van der Waals surface area contributed by atoms with Crippen molar-refractivity contribution in [2.24, 2.45) is 0 Å². The Morgan fingerprint density at radius 3 is 2.54 bits per heavy atom. The number of nitrogens with one attached hydrogen (secondary N) is 2. The molecule has 126 valence electrons. The first kappa shape index (κ1) is 16.9. The molecule has 0 atom stereocenters. The van der Waals surface area contributed by atoms with Crippen LogP contribution in [0.1, 0.15) is 5.56 Å². The second-order valence-corrected chi connectivity index (χ2v) is 7.60. The van der Waals surface area contributed by atoms with E-state index in [1.165, 1.54) is 18.2 Å². The standard InChI is InChI=1S/C15H12Cl2N2O4S/c1-8-11(17)6-12-14(23-7-13(20)18-12)15(8)24(21,22)19-10-4-2-9(16)3-5-10/h2-6,19H,7H2,1H3,(H,18,20). The number of carbonyl (C=O) groups is 1. The molecule has 1 aliphatic rings. The summed E-state index contributed by atoms with van der Waals surface area (Å²) in [5.74, 6) is -0.311. The van der Waals surface area contributed by atoms with Crippen molar-refractivity contribution in [1.29, 1.82) is 0 Å². The Balaban J connectivity index is 2.10. The summed E-state index contributed by atoms with van der Waals surface area (Å²) in [5.41, 5.74) is 0.888. The van der Waals surface area contributed by atoms with Crippen LogP contribution >= 0.6 is 23.2 Å². The van der Waals surface area contributed by atoms with Gasteiger partial charge in [-0.3, -0.25) is 9.52 Å². The second-order valence-electron chi connectivity index (χ2n) is 5.14. The molecule has 0 bridgehead atoms. The fraction of sp³-hybridized carbons (Fsp3) is 0.133. The Kier molecular flexibility index (Phi) is 4.33. The minimum Gasteiger partial charge on any atom is -0.480 e. The number of fused-ring (bicyclic) bond motifs is 1. The lowest BCUT2D eigenvalue weighted by atomic mass is 10.2. The average molecular weight is 387 g/mol. The Labute approximate surface area is 148 Å². The highest BCUT2D eigenvalue weighted by atomic mass is 35.5. The van der Waals surface area contributed by atoms with Crippen LogP contribution < -0.4 is 14.8 Å². The van der Waals surface area contributed by atoms with Gasteiger partial charge in [-0.25, -0.2) is 8.42 Å². The van der Waals surface area contributed by atoms with Crippen LogP contribution in [0, 0.1) is 6.92 Å². The molecule has 1 amide bonds. The Bertz CT molecular complexity index is 927. The lowest BCUT2D eigenvalue weighted by Gasteiger charge is -2.23. The molecule has 2 aromatic rings. The summed E-state index contributed by atoms with van der Waals surface area (Å²) in [7, 11) is -3.99. The quantitative estimate of drug-likeness (QED) is 0.845. The fourth-order valence-corrected chi connectivity index (χ4v) is 4.17. The third kappa shape index (κ3) is 3.15. The van der Waals surface area contributed by atoms with Crippen molar-refractivity contribution in [3.8, 4) is 5.75 Å². The van der Waals surface area contributed by atoms with Crippen LogP contribution in [0.3, 0.4) is 0 Å². The van der Waals surface area contributed by atoms with Crippen molar-refractivity contribution >= 4 is 50.5 Å². The zero-order valence-electron chi connectivity index (χ0n) is 12.4. The minimum absolute atomic E-state index is 0.0676. The molecule has 0 fully saturated rings. The lowest BCUT2D eigenvalue weighted by Crippen LogP contribution is -2.27. The summed E-state index contributed by atoms with van der Waals surface area (Å²) >= 11 is 11.9. The number of ether oxygens (including phenoxy) is 1. The number of rotatable bonds is 3. The summed E-state index contributed by atoms with van der Waals surface area (Å²) in [6.07, 6.45) is 0. The molecule has 0 aliphatic carbocycles. The van der Waals surface area contributed by atoms with E-state index in [9.17, 15) is 13.2 Å². The first-order valence-corrected chi connectivity index (χ1v) is 9.06. The van der Waals surface area contributed by atoms with Crippen molar-refractivity contribution in [1.82, 2.24) is 0 Å². The largest absolute Gasteiger partial charge is 0.480 e. The van der Waals surface area contributed by atoms with Crippen LogP contribution in [-0.2, 0) is 14.8 Å². The van der Waals surface area contributed by atoms with Crippen molar-refractivity contribution in [2.75, 3.05) is 16.6 Å². The van der Waals surface area contributed by atoms with E-state index >= 15 is 0 Å². The van der Waals surface area contributed by atoms with E-state index in [0.717, 1.165) is 0 Å². The van der Waals surface area contributed by atoms with Crippen molar-refractivity contribution in [2.45, 2.75) is 11.8 Å². The highest BCUT2D eigenvalue weighted by Crippen LogP contribution is 2.41. The summed E-state index contributed by atoms with van der Waals surface area (Å²) in [6, 6.07) is 7.67. The van der Waals surface area contributed by atoms with Gasteiger partial charge >= 0.3 is 0 Å². The molecular weight excluding hydrogens is 375 g/mol. The number of halogens is 2. The van der Waals surface area contributed by atoms with E-state index in [2.05, 4.69) is 10.0 Å². The Hall–Kier alpha value is -1.96. The van der Waals surface area contributed by atoms with E-state index in [0.29, 0.717) is 16.3 Å². The van der Waals surface area contributed by atoms with E-state index in [4.69, 9.17) is 27.9 Å². The number of amides is 1. The van der Waals surface area contributed by atoms with Gasteiger partial charge in [0.1, 0.15) is 4.90 Å². The molecule has 2 aromatic carbocycles. The summed E-state index contributed by atoms with van der Waals surface area (Å²) in [5, 5.41) is 3.24. The maximum atomic E-state index is 12.8. The fourth-order valence-electron chi connectivity index (χ4n) is 2.31. The SMILES string of the molecule is Cc1c(Cl)cc2c(c1S(=O)(=O)Nc1ccc(Cl)cc1)OCC(=O)N2. The van der Waals surface area contributed by atoms with Crippen LogP contribution in [0.5, 0.6) is 5.75 Å². The van der Waals surface area contributed by atoms with Crippen LogP contribution in [0.15, 0.2) is 35.2 Å². The summed E-state index contributed by atoms with van der Waals surface area (Å²) in [6.45, 7) is 1.30. The first-order chi connectivity index (χ1) is 11.3. The Morgan fingerprint density at radius 1 is 1.21 bits per heavy atom. The van der Waals surface area contributed by atoms with Gasteiger partial charge in [0.2, 0.25) is 0 Å². The molecule has 0 saturated carbocycles. The topological polar surface area (TPSA) is 84.5 Å². The van der Waals surface area contributed by atoms with E-state index in [1.54, 1.807) is 19.1 Å². The van der Waals surface area contributed by atoms with E-state index < -0.39 is 10.0 Å². The lowest BCUT2D eigenvalue weighted by molar-refractivity contribution is -0.118. The molecule has 2 N–H and O–H groups in total. The zero-order chi connectivity index (χ0) is 17.5. The predicted molar refractivity (Wildman–Crippen MR) is 92.6 cm³/mol. The smallest absolute Gasteiger partial charge is 0.265 e. The third-order valence-corrected chi connectivity index (χ3v) is 5.59. The molecule has 1 heterocycles. The second kappa shape index (κ2) is 6.16. The number of sulfonamides is 1. The molecule has 3 rings (SSSR count). The van der Waals surface area contributed by atoms with Gasteiger partial charge < -0.3 is 10.1 Å². The molecule has 0 radical (unpaired) electrons. The zero-order valence-corrected chi connectivity index (χ0v) is 14.7. The van der Waals surface area contributed by atoms with Gasteiger partial charge in [0.25, 0.3) is 15.9 Å². The Morgan fingerprint density at radius 2 is 1.88 bits per heavy atom.